The Hall–Kier alpha value is -3.07. The molecule has 1 aromatic heterocycles. The quantitative estimate of drug-likeness (QED) is 0.638. The highest BCUT2D eigenvalue weighted by Gasteiger charge is 2.13. The molecule has 1 amide bonds. The van der Waals surface area contributed by atoms with E-state index >= 15 is 0 Å². The van der Waals surface area contributed by atoms with Crippen LogP contribution in [-0.4, -0.2) is 46.1 Å². The van der Waals surface area contributed by atoms with Crippen molar-refractivity contribution >= 4 is 23.4 Å². The fourth-order valence-electron chi connectivity index (χ4n) is 2.22. The molecular formula is C17H17N5O3S. The molecule has 0 aliphatic carbocycles. The zero-order valence-electron chi connectivity index (χ0n) is 14.2. The third-order valence-corrected chi connectivity index (χ3v) is 4.38. The van der Waals surface area contributed by atoms with E-state index in [2.05, 4.69) is 20.8 Å². The second kappa shape index (κ2) is 8.34. The summed E-state index contributed by atoms with van der Waals surface area (Å²) < 4.78 is 12.0. The summed E-state index contributed by atoms with van der Waals surface area (Å²) >= 11 is 1.25. The minimum absolute atomic E-state index is 0.155. The summed E-state index contributed by atoms with van der Waals surface area (Å²) in [7, 11) is 3.10. The van der Waals surface area contributed by atoms with Crippen LogP contribution in [0.3, 0.4) is 0 Å². The maximum absolute atomic E-state index is 12.3. The lowest BCUT2D eigenvalue weighted by molar-refractivity contribution is -0.113. The molecule has 0 aliphatic rings. The number of nitrogens with one attached hydrogen (secondary N) is 1. The van der Waals surface area contributed by atoms with Crippen molar-refractivity contribution in [2.24, 2.45) is 0 Å². The molecule has 3 rings (SSSR count). The number of carbonyl (C=O) groups excluding carboxylic acids is 1. The van der Waals surface area contributed by atoms with Crippen LogP contribution in [0.1, 0.15) is 0 Å². The normalized spacial score (nSPS) is 10.4. The molecule has 1 N–H and O–H groups in total. The van der Waals surface area contributed by atoms with E-state index in [1.807, 2.05) is 30.3 Å². The molecule has 8 nitrogen and oxygen atoms in total. The number of aromatic nitrogens is 4. The van der Waals surface area contributed by atoms with Crippen molar-refractivity contribution in [3.8, 4) is 17.2 Å². The molecule has 0 fully saturated rings. The topological polar surface area (TPSA) is 91.2 Å². The third-order valence-electron chi connectivity index (χ3n) is 3.46. The summed E-state index contributed by atoms with van der Waals surface area (Å²) in [6.45, 7) is 0. The first-order chi connectivity index (χ1) is 12.7. The highest BCUT2D eigenvalue weighted by atomic mass is 32.2. The highest BCUT2D eigenvalue weighted by Crippen LogP contribution is 2.29. The second-order valence-electron chi connectivity index (χ2n) is 5.11. The minimum Gasteiger partial charge on any atom is -0.497 e. The van der Waals surface area contributed by atoms with Crippen molar-refractivity contribution in [1.29, 1.82) is 0 Å². The summed E-state index contributed by atoms with van der Waals surface area (Å²) in [5.74, 6) is 1.14. The highest BCUT2D eigenvalue weighted by molar-refractivity contribution is 7.99. The van der Waals surface area contributed by atoms with Gasteiger partial charge in [-0.1, -0.05) is 30.0 Å². The van der Waals surface area contributed by atoms with Crippen LogP contribution in [0.2, 0.25) is 0 Å². The molecule has 26 heavy (non-hydrogen) atoms. The third kappa shape index (κ3) is 4.12. The van der Waals surface area contributed by atoms with Crippen molar-refractivity contribution in [3.63, 3.8) is 0 Å². The molecular weight excluding hydrogens is 354 g/mol. The Balaban J connectivity index is 1.65. The summed E-state index contributed by atoms with van der Waals surface area (Å²) in [5.41, 5.74) is 1.40. The smallest absolute Gasteiger partial charge is 0.234 e. The summed E-state index contributed by atoms with van der Waals surface area (Å²) in [6.07, 6.45) is 0. The maximum atomic E-state index is 12.3. The molecule has 1 heterocycles. The van der Waals surface area contributed by atoms with Crippen LogP contribution in [-0.2, 0) is 4.79 Å². The van der Waals surface area contributed by atoms with Crippen molar-refractivity contribution in [3.05, 3.63) is 48.5 Å². The number of carbonyl (C=O) groups is 1. The number of thioether (sulfide) groups is 1. The molecule has 0 radical (unpaired) electrons. The van der Waals surface area contributed by atoms with E-state index in [1.165, 1.54) is 18.9 Å². The Labute approximate surface area is 154 Å². The molecule has 9 heteroatoms. The van der Waals surface area contributed by atoms with Gasteiger partial charge < -0.3 is 14.8 Å². The van der Waals surface area contributed by atoms with Gasteiger partial charge in [-0.2, -0.15) is 4.68 Å². The Morgan fingerprint density at radius 3 is 2.69 bits per heavy atom. The van der Waals surface area contributed by atoms with Gasteiger partial charge in [0.05, 0.1) is 31.3 Å². The lowest BCUT2D eigenvalue weighted by atomic mass is 10.2. The number of benzene rings is 2. The van der Waals surface area contributed by atoms with E-state index in [-0.39, 0.29) is 11.7 Å². The largest absolute Gasteiger partial charge is 0.497 e. The SMILES string of the molecule is COc1ccc(NC(=O)CSc2nnnn2-c2ccccc2)c(OC)c1. The van der Waals surface area contributed by atoms with Gasteiger partial charge in [0.1, 0.15) is 11.5 Å². The first-order valence-electron chi connectivity index (χ1n) is 7.69. The van der Waals surface area contributed by atoms with Crippen LogP contribution in [0.15, 0.2) is 53.7 Å². The van der Waals surface area contributed by atoms with Crippen LogP contribution >= 0.6 is 11.8 Å². The van der Waals surface area contributed by atoms with E-state index in [1.54, 1.807) is 30.0 Å². The molecule has 0 bridgehead atoms. The summed E-state index contributed by atoms with van der Waals surface area (Å²) in [6, 6.07) is 14.7. The number of tetrazole rings is 1. The number of anilines is 1. The van der Waals surface area contributed by atoms with Gasteiger partial charge in [-0.15, -0.1) is 5.10 Å². The fraction of sp³-hybridized carbons (Fsp3) is 0.176. The van der Waals surface area contributed by atoms with Gasteiger partial charge in [-0.3, -0.25) is 4.79 Å². The van der Waals surface area contributed by atoms with Gasteiger partial charge in [0, 0.05) is 6.07 Å². The number of ether oxygens (including phenoxy) is 2. The van der Waals surface area contributed by atoms with E-state index in [4.69, 9.17) is 9.47 Å². The predicted molar refractivity (Wildman–Crippen MR) is 98.1 cm³/mol. The monoisotopic (exact) mass is 371 g/mol. The van der Waals surface area contributed by atoms with Crippen LogP contribution in [0.4, 0.5) is 5.69 Å². The van der Waals surface area contributed by atoms with Gasteiger partial charge >= 0.3 is 0 Å². The molecule has 0 atom stereocenters. The van der Waals surface area contributed by atoms with Crippen molar-refractivity contribution in [1.82, 2.24) is 20.2 Å². The Bertz CT molecular complexity index is 885. The number of hydrogen-bond donors (Lipinski definition) is 1. The van der Waals surface area contributed by atoms with Crippen LogP contribution in [0, 0.1) is 0 Å². The Morgan fingerprint density at radius 2 is 1.96 bits per heavy atom. The lowest BCUT2D eigenvalue weighted by Crippen LogP contribution is -2.15. The molecule has 0 spiro atoms. The van der Waals surface area contributed by atoms with Crippen LogP contribution < -0.4 is 14.8 Å². The number of methoxy groups -OCH3 is 2. The van der Waals surface area contributed by atoms with Gasteiger partial charge in [0.25, 0.3) is 0 Å². The number of hydrogen-bond acceptors (Lipinski definition) is 7. The standard InChI is InChI=1S/C17H17N5O3S/c1-24-13-8-9-14(15(10-13)25-2)18-16(23)11-26-17-19-20-21-22(17)12-6-4-3-5-7-12/h3-10H,11H2,1-2H3,(H,18,23). The molecule has 0 unspecified atom stereocenters. The number of amides is 1. The lowest BCUT2D eigenvalue weighted by Gasteiger charge is -2.11. The molecule has 134 valence electrons. The molecule has 2 aromatic carbocycles. The van der Waals surface area contributed by atoms with Gasteiger partial charge in [0.2, 0.25) is 11.1 Å². The number of para-hydroxylation sites is 1. The second-order valence-corrected chi connectivity index (χ2v) is 6.05. The average Bonchev–Trinajstić information content (AvgIpc) is 3.16. The van der Waals surface area contributed by atoms with Gasteiger partial charge in [-0.05, 0) is 34.7 Å². The summed E-state index contributed by atoms with van der Waals surface area (Å²) in [4.78, 5) is 12.3. The number of rotatable bonds is 7. The van der Waals surface area contributed by atoms with E-state index < -0.39 is 0 Å². The van der Waals surface area contributed by atoms with Crippen molar-refractivity contribution in [2.75, 3.05) is 25.3 Å². The zero-order chi connectivity index (χ0) is 18.4. The summed E-state index contributed by atoms with van der Waals surface area (Å²) in [5, 5.41) is 15.0. The van der Waals surface area contributed by atoms with Gasteiger partial charge in [0.15, 0.2) is 0 Å². The maximum Gasteiger partial charge on any atom is 0.234 e. The van der Waals surface area contributed by atoms with E-state index in [0.29, 0.717) is 22.3 Å². The molecule has 0 saturated carbocycles. The predicted octanol–water partition coefficient (Wildman–Crippen LogP) is 2.41. The van der Waals surface area contributed by atoms with E-state index in [9.17, 15) is 4.79 Å². The minimum atomic E-state index is -0.193. The van der Waals surface area contributed by atoms with Crippen LogP contribution in [0.25, 0.3) is 5.69 Å². The molecule has 3 aromatic rings. The molecule has 0 saturated heterocycles. The van der Waals surface area contributed by atoms with Crippen LogP contribution in [0.5, 0.6) is 11.5 Å². The van der Waals surface area contributed by atoms with Gasteiger partial charge in [-0.25, -0.2) is 0 Å². The van der Waals surface area contributed by atoms with E-state index in [0.717, 1.165) is 5.69 Å². The first-order valence-corrected chi connectivity index (χ1v) is 8.68. The molecule has 0 aliphatic heterocycles. The zero-order valence-corrected chi connectivity index (χ0v) is 15.1. The Morgan fingerprint density at radius 1 is 1.15 bits per heavy atom. The van der Waals surface area contributed by atoms with Crippen molar-refractivity contribution < 1.29 is 14.3 Å². The first kappa shape index (κ1) is 17.7. The number of nitrogens with zero attached hydrogens (tertiary/aromatic N) is 4. The fourth-order valence-corrected chi connectivity index (χ4v) is 2.91. The van der Waals surface area contributed by atoms with Crippen molar-refractivity contribution in [2.45, 2.75) is 5.16 Å². The average molecular weight is 371 g/mol. The Kier molecular flexibility index (Phi) is 5.69.